The van der Waals surface area contributed by atoms with Gasteiger partial charge in [-0.1, -0.05) is 18.2 Å². The van der Waals surface area contributed by atoms with Gasteiger partial charge in [-0.25, -0.2) is 4.98 Å². The Kier molecular flexibility index (Phi) is 4.47. The van der Waals surface area contributed by atoms with E-state index in [1.165, 1.54) is 0 Å². The molecule has 0 fully saturated rings. The van der Waals surface area contributed by atoms with Gasteiger partial charge in [0.05, 0.1) is 23.7 Å². The van der Waals surface area contributed by atoms with Gasteiger partial charge >= 0.3 is 0 Å². The maximum atomic E-state index is 13.0. The predicted octanol–water partition coefficient (Wildman–Crippen LogP) is 4.20. The van der Waals surface area contributed by atoms with Crippen molar-refractivity contribution in [2.45, 2.75) is 19.4 Å². The molecule has 30 heavy (non-hydrogen) atoms. The van der Waals surface area contributed by atoms with Crippen LogP contribution in [0.4, 0.5) is 0 Å². The molecular weight excluding hydrogens is 376 g/mol. The molecule has 1 aliphatic rings. The fourth-order valence-corrected chi connectivity index (χ4v) is 4.03. The molecule has 2 aromatic carbocycles. The van der Waals surface area contributed by atoms with Crippen LogP contribution >= 0.6 is 0 Å². The summed E-state index contributed by atoms with van der Waals surface area (Å²) >= 11 is 0. The van der Waals surface area contributed by atoms with Gasteiger partial charge in [0.15, 0.2) is 0 Å². The molecule has 150 valence electrons. The number of amides is 1. The highest BCUT2D eigenvalue weighted by molar-refractivity contribution is 5.98. The predicted molar refractivity (Wildman–Crippen MR) is 115 cm³/mol. The lowest BCUT2D eigenvalue weighted by atomic mass is 10.00. The van der Waals surface area contributed by atoms with E-state index in [1.54, 1.807) is 6.20 Å². The lowest BCUT2D eigenvalue weighted by Crippen LogP contribution is -2.32. The van der Waals surface area contributed by atoms with Gasteiger partial charge in [0.25, 0.3) is 5.91 Å². The first-order valence-electron chi connectivity index (χ1n) is 10.0. The van der Waals surface area contributed by atoms with E-state index in [0.717, 1.165) is 45.8 Å². The normalized spacial score (nSPS) is 15.5. The molecule has 6 nitrogen and oxygen atoms in total. The second-order valence-electron chi connectivity index (χ2n) is 7.54. The van der Waals surface area contributed by atoms with Crippen LogP contribution in [0, 0.1) is 6.92 Å². The highest BCUT2D eigenvalue weighted by atomic mass is 16.5. The number of rotatable bonds is 3. The van der Waals surface area contributed by atoms with Gasteiger partial charge in [0, 0.05) is 42.0 Å². The fraction of sp³-hybridized carbons (Fsp3) is 0.208. The summed E-state index contributed by atoms with van der Waals surface area (Å²) in [5.41, 5.74) is 5.31. The monoisotopic (exact) mass is 398 g/mol. The van der Waals surface area contributed by atoms with Gasteiger partial charge in [0.2, 0.25) is 0 Å². The van der Waals surface area contributed by atoms with Crippen molar-refractivity contribution >= 4 is 16.9 Å². The summed E-state index contributed by atoms with van der Waals surface area (Å²) in [6, 6.07) is 17.4. The minimum atomic E-state index is -0.0982. The molecule has 1 N–H and O–H groups in total. The quantitative estimate of drug-likeness (QED) is 0.562. The lowest BCUT2D eigenvalue weighted by molar-refractivity contribution is 0.0925. The van der Waals surface area contributed by atoms with Crippen molar-refractivity contribution < 1.29 is 9.53 Å². The van der Waals surface area contributed by atoms with E-state index in [-0.39, 0.29) is 11.9 Å². The average molecular weight is 398 g/mol. The number of imidazole rings is 1. The van der Waals surface area contributed by atoms with Gasteiger partial charge in [-0.3, -0.25) is 9.78 Å². The number of hydrogen-bond acceptors (Lipinski definition) is 4. The van der Waals surface area contributed by atoms with Crippen molar-refractivity contribution in [1.82, 2.24) is 19.9 Å². The summed E-state index contributed by atoms with van der Waals surface area (Å²) in [5, 5.41) is 3.16. The summed E-state index contributed by atoms with van der Waals surface area (Å²) in [6.45, 7) is 2.57. The molecule has 5 rings (SSSR count). The number of benzene rings is 2. The van der Waals surface area contributed by atoms with Gasteiger partial charge < -0.3 is 14.6 Å². The fourth-order valence-electron chi connectivity index (χ4n) is 4.03. The number of carbonyl (C=O) groups excluding carboxylic acids is 1. The van der Waals surface area contributed by atoms with Crippen LogP contribution in [0.1, 0.15) is 34.1 Å². The molecule has 6 heteroatoms. The van der Waals surface area contributed by atoms with Crippen LogP contribution in [-0.2, 0) is 7.05 Å². The topological polar surface area (TPSA) is 69.0 Å². The van der Waals surface area contributed by atoms with E-state index < -0.39 is 0 Å². The summed E-state index contributed by atoms with van der Waals surface area (Å²) in [7, 11) is 1.97. The standard InChI is InChI=1S/C24H22N4O2/c1-15-17(7-5-12-25-15)23-26-20-10-9-16(14-21(20)28(23)2)24(29)27-19-11-13-30-22-8-4-3-6-18(19)22/h3-10,12,14,19H,11,13H2,1-2H3,(H,27,29)/t19-/m0/s1. The van der Waals surface area contributed by atoms with Crippen molar-refractivity contribution in [3.63, 3.8) is 0 Å². The summed E-state index contributed by atoms with van der Waals surface area (Å²) in [6.07, 6.45) is 2.53. The van der Waals surface area contributed by atoms with Crippen LogP contribution in [-0.4, -0.2) is 27.0 Å². The molecule has 0 unspecified atom stereocenters. The lowest BCUT2D eigenvalue weighted by Gasteiger charge is -2.26. The number of ether oxygens (including phenoxy) is 1. The van der Waals surface area contributed by atoms with Gasteiger partial charge in [-0.05, 0) is 43.3 Å². The number of nitrogens with one attached hydrogen (secondary N) is 1. The number of hydrogen-bond donors (Lipinski definition) is 1. The number of fused-ring (bicyclic) bond motifs is 2. The third-order valence-electron chi connectivity index (χ3n) is 5.65. The minimum absolute atomic E-state index is 0.0571. The zero-order valence-electron chi connectivity index (χ0n) is 16.9. The highest BCUT2D eigenvalue weighted by Crippen LogP contribution is 2.32. The Morgan fingerprint density at radius 3 is 2.90 bits per heavy atom. The molecule has 0 saturated carbocycles. The minimum Gasteiger partial charge on any atom is -0.493 e. The van der Waals surface area contributed by atoms with Gasteiger partial charge in [-0.15, -0.1) is 0 Å². The average Bonchev–Trinajstić information content (AvgIpc) is 3.10. The van der Waals surface area contributed by atoms with Gasteiger partial charge in [-0.2, -0.15) is 0 Å². The van der Waals surface area contributed by atoms with Crippen LogP contribution < -0.4 is 10.1 Å². The van der Waals surface area contributed by atoms with Crippen molar-refractivity contribution in [1.29, 1.82) is 0 Å². The summed E-state index contributed by atoms with van der Waals surface area (Å²) in [5.74, 6) is 1.58. The Morgan fingerprint density at radius 2 is 2.03 bits per heavy atom. The zero-order chi connectivity index (χ0) is 20.7. The van der Waals surface area contributed by atoms with Crippen molar-refractivity contribution in [3.05, 3.63) is 77.6 Å². The Labute approximate surface area is 174 Å². The number of carbonyl (C=O) groups is 1. The Bertz CT molecular complexity index is 1260. The molecule has 1 amide bonds. The van der Waals surface area contributed by atoms with Crippen LogP contribution in [0.2, 0.25) is 0 Å². The number of para-hydroxylation sites is 1. The maximum absolute atomic E-state index is 13.0. The van der Waals surface area contributed by atoms with Crippen LogP contribution in [0.5, 0.6) is 5.75 Å². The number of aryl methyl sites for hydroxylation is 2. The summed E-state index contributed by atoms with van der Waals surface area (Å²) < 4.78 is 7.71. The SMILES string of the molecule is Cc1ncccc1-c1nc2ccc(C(=O)N[C@H]3CCOc4ccccc43)cc2n1C. The van der Waals surface area contributed by atoms with Crippen molar-refractivity contribution in [2.75, 3.05) is 6.61 Å². The van der Waals surface area contributed by atoms with Crippen molar-refractivity contribution in [3.8, 4) is 17.1 Å². The van der Waals surface area contributed by atoms with E-state index in [0.29, 0.717) is 12.2 Å². The molecule has 1 aliphatic heterocycles. The zero-order valence-corrected chi connectivity index (χ0v) is 16.9. The number of aromatic nitrogens is 3. The van der Waals surface area contributed by atoms with E-state index in [2.05, 4.69) is 10.3 Å². The van der Waals surface area contributed by atoms with Crippen LogP contribution in [0.15, 0.2) is 60.8 Å². The van der Waals surface area contributed by atoms with E-state index >= 15 is 0 Å². The molecule has 0 aliphatic carbocycles. The molecule has 2 aromatic heterocycles. The first-order chi connectivity index (χ1) is 14.6. The summed E-state index contributed by atoms with van der Waals surface area (Å²) in [4.78, 5) is 22.1. The molecule has 4 aromatic rings. The van der Waals surface area contributed by atoms with E-state index in [4.69, 9.17) is 9.72 Å². The molecule has 0 spiro atoms. The number of pyridine rings is 1. The first kappa shape index (κ1) is 18.4. The van der Waals surface area contributed by atoms with Crippen molar-refractivity contribution in [2.24, 2.45) is 7.05 Å². The third kappa shape index (κ3) is 3.10. The molecule has 0 saturated heterocycles. The second-order valence-corrected chi connectivity index (χ2v) is 7.54. The maximum Gasteiger partial charge on any atom is 0.251 e. The van der Waals surface area contributed by atoms with Crippen LogP contribution in [0.25, 0.3) is 22.4 Å². The molecular formula is C24H22N4O2. The largest absolute Gasteiger partial charge is 0.493 e. The van der Waals surface area contributed by atoms with E-state index in [9.17, 15) is 4.79 Å². The van der Waals surface area contributed by atoms with Crippen LogP contribution in [0.3, 0.4) is 0 Å². The Balaban J connectivity index is 1.46. The number of nitrogens with zero attached hydrogens (tertiary/aromatic N) is 3. The molecule has 3 heterocycles. The van der Waals surface area contributed by atoms with Gasteiger partial charge in [0.1, 0.15) is 11.6 Å². The van der Waals surface area contributed by atoms with E-state index in [1.807, 2.05) is 73.1 Å². The Hall–Kier alpha value is -3.67. The molecule has 0 bridgehead atoms. The Morgan fingerprint density at radius 1 is 1.17 bits per heavy atom. The molecule has 1 atom stereocenters. The molecule has 0 radical (unpaired) electrons. The smallest absolute Gasteiger partial charge is 0.251 e. The third-order valence-corrected chi connectivity index (χ3v) is 5.65. The highest BCUT2D eigenvalue weighted by Gasteiger charge is 2.23. The second kappa shape index (κ2) is 7.30. The first-order valence-corrected chi connectivity index (χ1v) is 10.0.